The number of nitrogens with two attached hydrogens (primary N) is 1. The number of halogens is 1. The van der Waals surface area contributed by atoms with E-state index in [-0.39, 0.29) is 24.5 Å². The first kappa shape index (κ1) is 18.4. The Morgan fingerprint density at radius 3 is 2.10 bits per heavy atom. The lowest BCUT2D eigenvalue weighted by atomic mass is 9.93. The quantitative estimate of drug-likeness (QED) is 0.890. The van der Waals surface area contributed by atoms with Gasteiger partial charge in [0.15, 0.2) is 0 Å². The maximum Gasteiger partial charge on any atom is 0.240 e. The summed E-state index contributed by atoms with van der Waals surface area (Å²) < 4.78 is 27.4. The van der Waals surface area contributed by atoms with Crippen molar-refractivity contribution < 1.29 is 8.42 Å². The highest BCUT2D eigenvalue weighted by Gasteiger charge is 2.24. The third-order valence-electron chi connectivity index (χ3n) is 3.95. The molecule has 0 spiro atoms. The minimum absolute atomic E-state index is 0. The van der Waals surface area contributed by atoms with Gasteiger partial charge in [-0.1, -0.05) is 26.0 Å². The number of sulfonamides is 1. The van der Waals surface area contributed by atoms with Crippen LogP contribution in [0.2, 0.25) is 0 Å². The van der Waals surface area contributed by atoms with Crippen molar-refractivity contribution in [2.45, 2.75) is 62.4 Å². The molecule has 1 aromatic carbocycles. The zero-order valence-corrected chi connectivity index (χ0v) is 14.2. The Morgan fingerprint density at radius 2 is 1.62 bits per heavy atom. The van der Waals surface area contributed by atoms with Crippen LogP contribution in [0.1, 0.15) is 51.0 Å². The number of benzene rings is 1. The van der Waals surface area contributed by atoms with Crippen molar-refractivity contribution in [2.75, 3.05) is 0 Å². The molecule has 2 rings (SSSR count). The molecule has 0 bridgehead atoms. The molecular formula is C15H25ClN2O2S. The number of rotatable bonds is 4. The van der Waals surface area contributed by atoms with E-state index in [1.807, 2.05) is 12.1 Å². The Balaban J connectivity index is 0.00000220. The molecule has 0 saturated heterocycles. The van der Waals surface area contributed by atoms with Crippen LogP contribution < -0.4 is 10.5 Å². The number of hydrogen-bond acceptors (Lipinski definition) is 3. The van der Waals surface area contributed by atoms with Gasteiger partial charge in [-0.15, -0.1) is 12.4 Å². The topological polar surface area (TPSA) is 72.2 Å². The summed E-state index contributed by atoms with van der Waals surface area (Å²) in [4.78, 5) is 0.344. The Kier molecular flexibility index (Phi) is 6.66. The van der Waals surface area contributed by atoms with Crippen LogP contribution in [0.5, 0.6) is 0 Å². The molecule has 120 valence electrons. The summed E-state index contributed by atoms with van der Waals surface area (Å²) in [5, 5.41) is 0. The van der Waals surface area contributed by atoms with E-state index in [1.54, 1.807) is 12.1 Å². The fourth-order valence-corrected chi connectivity index (χ4v) is 3.86. The van der Waals surface area contributed by atoms with Gasteiger partial charge < -0.3 is 5.73 Å². The van der Waals surface area contributed by atoms with Crippen molar-refractivity contribution >= 4 is 22.4 Å². The largest absolute Gasteiger partial charge is 0.328 e. The molecule has 0 heterocycles. The fourth-order valence-electron chi connectivity index (χ4n) is 2.56. The molecule has 0 atom stereocenters. The minimum atomic E-state index is -3.41. The third kappa shape index (κ3) is 4.95. The molecule has 1 aliphatic rings. The first-order valence-electron chi connectivity index (χ1n) is 7.26. The van der Waals surface area contributed by atoms with Crippen LogP contribution in [0.4, 0.5) is 0 Å². The molecule has 0 unspecified atom stereocenters. The van der Waals surface area contributed by atoms with Crippen molar-refractivity contribution in [3.05, 3.63) is 29.8 Å². The van der Waals surface area contributed by atoms with E-state index < -0.39 is 10.0 Å². The highest BCUT2D eigenvalue weighted by molar-refractivity contribution is 7.89. The van der Waals surface area contributed by atoms with E-state index in [0.717, 1.165) is 31.2 Å². The van der Waals surface area contributed by atoms with Gasteiger partial charge in [-0.3, -0.25) is 0 Å². The molecular weight excluding hydrogens is 308 g/mol. The summed E-state index contributed by atoms with van der Waals surface area (Å²) in [6.45, 7) is 4.18. The Labute approximate surface area is 134 Å². The van der Waals surface area contributed by atoms with Crippen LogP contribution in [0.3, 0.4) is 0 Å². The van der Waals surface area contributed by atoms with Crippen LogP contribution in [0.25, 0.3) is 0 Å². The SMILES string of the molecule is CC(C)c1ccc(S(=O)(=O)NC2CCC(N)CC2)cc1.Cl. The summed E-state index contributed by atoms with van der Waals surface area (Å²) >= 11 is 0. The molecule has 0 aliphatic heterocycles. The van der Waals surface area contributed by atoms with E-state index in [2.05, 4.69) is 18.6 Å². The lowest BCUT2D eigenvalue weighted by molar-refractivity contribution is 0.373. The second-order valence-corrected chi connectivity index (χ2v) is 7.67. The van der Waals surface area contributed by atoms with Gasteiger partial charge in [-0.2, -0.15) is 0 Å². The van der Waals surface area contributed by atoms with Crippen molar-refractivity contribution in [1.82, 2.24) is 4.72 Å². The predicted octanol–water partition coefficient (Wildman–Crippen LogP) is 2.78. The molecule has 1 aliphatic carbocycles. The maximum absolute atomic E-state index is 12.3. The van der Waals surface area contributed by atoms with E-state index in [9.17, 15) is 8.42 Å². The third-order valence-corrected chi connectivity index (χ3v) is 5.49. The first-order valence-corrected chi connectivity index (χ1v) is 8.74. The molecule has 3 N–H and O–H groups in total. The minimum Gasteiger partial charge on any atom is -0.328 e. The van der Waals surface area contributed by atoms with E-state index in [0.29, 0.717) is 10.8 Å². The van der Waals surface area contributed by atoms with Crippen LogP contribution in [-0.2, 0) is 10.0 Å². The van der Waals surface area contributed by atoms with Crippen molar-refractivity contribution in [3.63, 3.8) is 0 Å². The summed E-state index contributed by atoms with van der Waals surface area (Å²) in [7, 11) is -3.41. The van der Waals surface area contributed by atoms with Crippen molar-refractivity contribution in [1.29, 1.82) is 0 Å². The van der Waals surface area contributed by atoms with Crippen molar-refractivity contribution in [2.24, 2.45) is 5.73 Å². The highest BCUT2D eigenvalue weighted by atomic mass is 35.5. The van der Waals surface area contributed by atoms with Gasteiger partial charge in [-0.25, -0.2) is 13.1 Å². The van der Waals surface area contributed by atoms with Gasteiger partial charge >= 0.3 is 0 Å². The zero-order chi connectivity index (χ0) is 14.8. The molecule has 4 nitrogen and oxygen atoms in total. The normalized spacial score (nSPS) is 22.9. The fraction of sp³-hybridized carbons (Fsp3) is 0.600. The van der Waals surface area contributed by atoms with Gasteiger partial charge in [0.25, 0.3) is 0 Å². The molecule has 21 heavy (non-hydrogen) atoms. The van der Waals surface area contributed by atoms with Gasteiger partial charge in [0.1, 0.15) is 0 Å². The smallest absolute Gasteiger partial charge is 0.240 e. The Bertz CT molecular complexity index is 535. The summed E-state index contributed by atoms with van der Waals surface area (Å²) in [6.07, 6.45) is 3.42. The highest BCUT2D eigenvalue weighted by Crippen LogP contribution is 2.21. The first-order chi connectivity index (χ1) is 9.38. The molecule has 0 amide bonds. The Morgan fingerprint density at radius 1 is 1.10 bits per heavy atom. The second-order valence-electron chi connectivity index (χ2n) is 5.96. The van der Waals surface area contributed by atoms with E-state index in [4.69, 9.17) is 5.73 Å². The monoisotopic (exact) mass is 332 g/mol. The molecule has 1 saturated carbocycles. The van der Waals surface area contributed by atoms with Crippen LogP contribution in [0, 0.1) is 0 Å². The number of nitrogens with one attached hydrogen (secondary N) is 1. The lowest BCUT2D eigenvalue weighted by Crippen LogP contribution is -2.40. The molecule has 1 fully saturated rings. The van der Waals surface area contributed by atoms with Gasteiger partial charge in [-0.05, 0) is 49.3 Å². The van der Waals surface area contributed by atoms with Crippen LogP contribution in [0.15, 0.2) is 29.2 Å². The Hall–Kier alpha value is -0.620. The maximum atomic E-state index is 12.3. The molecule has 0 aromatic heterocycles. The standard InChI is InChI=1S/C15H24N2O2S.ClH/c1-11(2)12-3-9-15(10-4-12)20(18,19)17-14-7-5-13(16)6-8-14;/h3-4,9-11,13-14,17H,5-8,16H2,1-2H3;1H. The van der Waals surface area contributed by atoms with Gasteiger partial charge in [0.2, 0.25) is 10.0 Å². The lowest BCUT2D eigenvalue weighted by Gasteiger charge is -2.26. The molecule has 0 radical (unpaired) electrons. The zero-order valence-electron chi connectivity index (χ0n) is 12.6. The summed E-state index contributed by atoms with van der Waals surface area (Å²) in [5.74, 6) is 0.402. The summed E-state index contributed by atoms with van der Waals surface area (Å²) in [6, 6.07) is 7.38. The van der Waals surface area contributed by atoms with Gasteiger partial charge in [0, 0.05) is 12.1 Å². The molecule has 6 heteroatoms. The van der Waals surface area contributed by atoms with Crippen molar-refractivity contribution in [3.8, 4) is 0 Å². The second kappa shape index (κ2) is 7.58. The van der Waals surface area contributed by atoms with Crippen LogP contribution in [-0.4, -0.2) is 20.5 Å². The average Bonchev–Trinajstić information content (AvgIpc) is 2.41. The average molecular weight is 333 g/mol. The van der Waals surface area contributed by atoms with Crippen LogP contribution >= 0.6 is 12.4 Å². The van der Waals surface area contributed by atoms with Gasteiger partial charge in [0.05, 0.1) is 4.90 Å². The van der Waals surface area contributed by atoms with E-state index >= 15 is 0 Å². The predicted molar refractivity (Wildman–Crippen MR) is 88.3 cm³/mol. The number of hydrogen-bond donors (Lipinski definition) is 2. The molecule has 1 aromatic rings. The van der Waals surface area contributed by atoms with E-state index in [1.165, 1.54) is 0 Å². The summed E-state index contributed by atoms with van der Waals surface area (Å²) in [5.41, 5.74) is 6.99.